The zero-order valence-corrected chi connectivity index (χ0v) is 12.6. The summed E-state index contributed by atoms with van der Waals surface area (Å²) in [5, 5.41) is 3.14. The number of nitrogens with zero attached hydrogens (tertiary/aromatic N) is 1. The Morgan fingerprint density at radius 2 is 2.16 bits per heavy atom. The third-order valence-corrected chi connectivity index (χ3v) is 3.96. The summed E-state index contributed by atoms with van der Waals surface area (Å²) in [7, 11) is -3.14. The second kappa shape index (κ2) is 7.81. The number of hydrogen-bond acceptors (Lipinski definition) is 4. The zero-order valence-electron chi connectivity index (χ0n) is 11.8. The molecule has 19 heavy (non-hydrogen) atoms. The zero-order chi connectivity index (χ0) is 14.3. The van der Waals surface area contributed by atoms with Crippen LogP contribution in [0.4, 0.5) is 0 Å². The maximum atomic E-state index is 12.0. The van der Waals surface area contributed by atoms with Crippen LogP contribution in [0.5, 0.6) is 0 Å². The van der Waals surface area contributed by atoms with Crippen LogP contribution in [0.25, 0.3) is 0 Å². The van der Waals surface area contributed by atoms with Gasteiger partial charge in [0.15, 0.2) is 0 Å². The Morgan fingerprint density at radius 3 is 2.79 bits per heavy atom. The third-order valence-electron chi connectivity index (χ3n) is 3.27. The van der Waals surface area contributed by atoms with Crippen molar-refractivity contribution in [2.75, 3.05) is 39.0 Å². The standard InChI is InChI=1S/C12H25N3O3S/c1-3-13-7-6-12(16)15-8-4-5-11(10-15)9-14-19(2,17)18/h11,13-14H,3-10H2,1-2H3. The van der Waals surface area contributed by atoms with Crippen LogP contribution in [-0.2, 0) is 14.8 Å². The first kappa shape index (κ1) is 16.4. The van der Waals surface area contributed by atoms with Gasteiger partial charge in [-0.3, -0.25) is 4.79 Å². The fourth-order valence-electron chi connectivity index (χ4n) is 2.26. The molecule has 0 aromatic carbocycles. The van der Waals surface area contributed by atoms with E-state index in [1.54, 1.807) is 0 Å². The summed E-state index contributed by atoms with van der Waals surface area (Å²) in [6, 6.07) is 0. The van der Waals surface area contributed by atoms with Crippen LogP contribution in [0.2, 0.25) is 0 Å². The Kier molecular flexibility index (Phi) is 6.74. The van der Waals surface area contributed by atoms with Crippen molar-refractivity contribution in [1.29, 1.82) is 0 Å². The molecule has 0 aliphatic carbocycles. The lowest BCUT2D eigenvalue weighted by molar-refractivity contribution is -0.132. The lowest BCUT2D eigenvalue weighted by atomic mass is 9.98. The Bertz CT molecular complexity index is 384. The molecule has 0 saturated carbocycles. The number of amides is 1. The van der Waals surface area contributed by atoms with Gasteiger partial charge in [-0.15, -0.1) is 0 Å². The van der Waals surface area contributed by atoms with Gasteiger partial charge in [0.2, 0.25) is 15.9 Å². The van der Waals surface area contributed by atoms with Crippen molar-refractivity contribution in [3.8, 4) is 0 Å². The number of carbonyl (C=O) groups excluding carboxylic acids is 1. The molecule has 1 heterocycles. The Hall–Kier alpha value is -0.660. The average Bonchev–Trinajstić information content (AvgIpc) is 2.36. The maximum absolute atomic E-state index is 12.0. The highest BCUT2D eigenvalue weighted by atomic mass is 32.2. The molecule has 1 aliphatic heterocycles. The van der Waals surface area contributed by atoms with Crippen LogP contribution in [0.15, 0.2) is 0 Å². The van der Waals surface area contributed by atoms with E-state index in [4.69, 9.17) is 0 Å². The molecule has 1 fully saturated rings. The number of carbonyl (C=O) groups is 1. The molecule has 1 rings (SSSR count). The molecule has 112 valence electrons. The normalized spacial score (nSPS) is 20.5. The van der Waals surface area contributed by atoms with Crippen LogP contribution < -0.4 is 10.0 Å². The molecule has 1 aliphatic rings. The predicted molar refractivity (Wildman–Crippen MR) is 75.3 cm³/mol. The Balaban J connectivity index is 2.34. The van der Waals surface area contributed by atoms with Gasteiger partial charge in [0.1, 0.15) is 0 Å². The van der Waals surface area contributed by atoms with E-state index < -0.39 is 10.0 Å². The highest BCUT2D eigenvalue weighted by Gasteiger charge is 2.23. The molecular formula is C12H25N3O3S. The monoisotopic (exact) mass is 291 g/mol. The summed E-state index contributed by atoms with van der Waals surface area (Å²) in [6.45, 7) is 5.47. The van der Waals surface area contributed by atoms with Gasteiger partial charge in [-0.05, 0) is 25.3 Å². The summed E-state index contributed by atoms with van der Waals surface area (Å²) in [5.41, 5.74) is 0. The second-order valence-corrected chi connectivity index (χ2v) is 6.91. The highest BCUT2D eigenvalue weighted by Crippen LogP contribution is 2.16. The number of likely N-dealkylation sites (tertiary alicyclic amines) is 1. The van der Waals surface area contributed by atoms with Crippen LogP contribution in [-0.4, -0.2) is 58.2 Å². The van der Waals surface area contributed by atoms with Crippen molar-refractivity contribution in [3.63, 3.8) is 0 Å². The molecule has 1 saturated heterocycles. The van der Waals surface area contributed by atoms with Gasteiger partial charge in [0.25, 0.3) is 0 Å². The minimum absolute atomic E-state index is 0.157. The number of rotatable bonds is 7. The van der Waals surface area contributed by atoms with Gasteiger partial charge in [0, 0.05) is 32.6 Å². The SMILES string of the molecule is CCNCCC(=O)N1CCCC(CNS(C)(=O)=O)C1. The van der Waals surface area contributed by atoms with Gasteiger partial charge < -0.3 is 10.2 Å². The summed E-state index contributed by atoms with van der Waals surface area (Å²) < 4.78 is 24.7. The van der Waals surface area contributed by atoms with Crippen LogP contribution in [0.1, 0.15) is 26.2 Å². The van der Waals surface area contributed by atoms with E-state index >= 15 is 0 Å². The van der Waals surface area contributed by atoms with Crippen molar-refractivity contribution in [1.82, 2.24) is 14.9 Å². The Morgan fingerprint density at radius 1 is 1.42 bits per heavy atom. The number of piperidine rings is 1. The van der Waals surface area contributed by atoms with Gasteiger partial charge >= 0.3 is 0 Å². The first-order valence-corrected chi connectivity index (χ1v) is 8.74. The molecular weight excluding hydrogens is 266 g/mol. The molecule has 2 N–H and O–H groups in total. The molecule has 0 spiro atoms. The van der Waals surface area contributed by atoms with E-state index in [0.717, 1.165) is 32.2 Å². The molecule has 6 nitrogen and oxygen atoms in total. The molecule has 1 amide bonds. The largest absolute Gasteiger partial charge is 0.342 e. The number of sulfonamides is 1. The Labute approximate surface area is 116 Å². The molecule has 0 aromatic rings. The number of nitrogens with one attached hydrogen (secondary N) is 2. The number of hydrogen-bond donors (Lipinski definition) is 2. The van der Waals surface area contributed by atoms with Crippen LogP contribution in [0.3, 0.4) is 0 Å². The maximum Gasteiger partial charge on any atom is 0.223 e. The van der Waals surface area contributed by atoms with Gasteiger partial charge in [-0.1, -0.05) is 6.92 Å². The third kappa shape index (κ3) is 6.89. The van der Waals surface area contributed by atoms with Crippen molar-refractivity contribution in [2.24, 2.45) is 5.92 Å². The minimum atomic E-state index is -3.14. The fraction of sp³-hybridized carbons (Fsp3) is 0.917. The van der Waals surface area contributed by atoms with E-state index in [9.17, 15) is 13.2 Å². The lowest BCUT2D eigenvalue weighted by Gasteiger charge is -2.32. The van der Waals surface area contributed by atoms with E-state index in [1.807, 2.05) is 11.8 Å². The van der Waals surface area contributed by atoms with E-state index in [0.29, 0.717) is 26.1 Å². The quantitative estimate of drug-likeness (QED) is 0.635. The average molecular weight is 291 g/mol. The van der Waals surface area contributed by atoms with Crippen LogP contribution >= 0.6 is 0 Å². The summed E-state index contributed by atoms with van der Waals surface area (Å²) in [6.07, 6.45) is 3.60. The molecule has 1 atom stereocenters. The van der Waals surface area contributed by atoms with E-state index in [1.165, 1.54) is 0 Å². The first-order chi connectivity index (χ1) is 8.92. The lowest BCUT2D eigenvalue weighted by Crippen LogP contribution is -2.44. The van der Waals surface area contributed by atoms with Gasteiger partial charge in [0.05, 0.1) is 6.26 Å². The smallest absolute Gasteiger partial charge is 0.223 e. The summed E-state index contributed by atoms with van der Waals surface area (Å²) >= 11 is 0. The highest BCUT2D eigenvalue weighted by molar-refractivity contribution is 7.88. The molecule has 7 heteroatoms. The molecule has 0 radical (unpaired) electrons. The van der Waals surface area contributed by atoms with Crippen LogP contribution in [0, 0.1) is 5.92 Å². The van der Waals surface area contributed by atoms with Crippen molar-refractivity contribution in [3.05, 3.63) is 0 Å². The van der Waals surface area contributed by atoms with E-state index in [-0.39, 0.29) is 11.8 Å². The van der Waals surface area contributed by atoms with Crippen molar-refractivity contribution < 1.29 is 13.2 Å². The topological polar surface area (TPSA) is 78.5 Å². The fourth-order valence-corrected chi connectivity index (χ4v) is 2.80. The van der Waals surface area contributed by atoms with Gasteiger partial charge in [-0.2, -0.15) is 0 Å². The van der Waals surface area contributed by atoms with E-state index in [2.05, 4.69) is 10.0 Å². The summed E-state index contributed by atoms with van der Waals surface area (Å²) in [4.78, 5) is 13.8. The molecule has 0 aromatic heterocycles. The van der Waals surface area contributed by atoms with Crippen molar-refractivity contribution >= 4 is 15.9 Å². The van der Waals surface area contributed by atoms with Crippen molar-refractivity contribution in [2.45, 2.75) is 26.2 Å². The molecule has 0 bridgehead atoms. The minimum Gasteiger partial charge on any atom is -0.342 e. The summed E-state index contributed by atoms with van der Waals surface area (Å²) in [5.74, 6) is 0.386. The second-order valence-electron chi connectivity index (χ2n) is 5.07. The van der Waals surface area contributed by atoms with Gasteiger partial charge in [-0.25, -0.2) is 13.1 Å². The first-order valence-electron chi connectivity index (χ1n) is 6.85. The predicted octanol–water partition coefficient (Wildman–Crippen LogP) is -0.226. The molecule has 1 unspecified atom stereocenters.